The molecular formula is C9H12Cl2N2O. The second kappa shape index (κ2) is 6.04. The summed E-state index contributed by atoms with van der Waals surface area (Å²) in [7, 11) is 0. The van der Waals surface area contributed by atoms with Crippen LogP contribution >= 0.6 is 23.2 Å². The molecule has 14 heavy (non-hydrogen) atoms. The molecule has 0 amide bonds. The summed E-state index contributed by atoms with van der Waals surface area (Å²) >= 11 is 11.5. The average Bonchev–Trinajstić information content (AvgIpc) is 2.19. The highest BCUT2D eigenvalue weighted by atomic mass is 35.5. The molecule has 0 unspecified atom stereocenters. The SMILES string of the molecule is CCCCCOc1cnnc(Cl)c1Cl. The Balaban J connectivity index is 2.46. The molecule has 78 valence electrons. The van der Waals surface area contributed by atoms with E-state index >= 15 is 0 Å². The van der Waals surface area contributed by atoms with Crippen molar-refractivity contribution in [1.82, 2.24) is 10.2 Å². The van der Waals surface area contributed by atoms with Crippen molar-refractivity contribution >= 4 is 23.2 Å². The highest BCUT2D eigenvalue weighted by Gasteiger charge is 2.06. The minimum absolute atomic E-state index is 0.180. The molecular weight excluding hydrogens is 223 g/mol. The Morgan fingerprint density at radius 2 is 2.14 bits per heavy atom. The zero-order valence-electron chi connectivity index (χ0n) is 7.96. The van der Waals surface area contributed by atoms with Crippen LogP contribution in [0, 0.1) is 0 Å². The molecule has 0 N–H and O–H groups in total. The molecule has 0 spiro atoms. The zero-order chi connectivity index (χ0) is 10.4. The van der Waals surface area contributed by atoms with Crippen LogP contribution in [0.4, 0.5) is 0 Å². The van der Waals surface area contributed by atoms with E-state index in [4.69, 9.17) is 27.9 Å². The smallest absolute Gasteiger partial charge is 0.174 e. The monoisotopic (exact) mass is 234 g/mol. The summed E-state index contributed by atoms with van der Waals surface area (Å²) in [6, 6.07) is 0. The topological polar surface area (TPSA) is 35.0 Å². The summed E-state index contributed by atoms with van der Waals surface area (Å²) < 4.78 is 5.40. The van der Waals surface area contributed by atoms with Crippen molar-refractivity contribution in [2.45, 2.75) is 26.2 Å². The summed E-state index contributed by atoms with van der Waals surface area (Å²) in [5.41, 5.74) is 0. The molecule has 0 aromatic carbocycles. The standard InChI is InChI=1S/C9H12Cl2N2O/c1-2-3-4-5-14-7-6-12-13-9(11)8(7)10/h6H,2-5H2,1H3. The minimum atomic E-state index is 0.180. The van der Waals surface area contributed by atoms with Crippen molar-refractivity contribution < 1.29 is 4.74 Å². The highest BCUT2D eigenvalue weighted by Crippen LogP contribution is 2.28. The lowest BCUT2D eigenvalue weighted by Crippen LogP contribution is -1.99. The van der Waals surface area contributed by atoms with Crippen molar-refractivity contribution in [1.29, 1.82) is 0 Å². The molecule has 1 heterocycles. The summed E-state index contributed by atoms with van der Waals surface area (Å²) in [5, 5.41) is 7.75. The normalized spacial score (nSPS) is 10.2. The predicted molar refractivity (Wildman–Crippen MR) is 57.1 cm³/mol. The van der Waals surface area contributed by atoms with Gasteiger partial charge in [-0.15, -0.1) is 5.10 Å². The Hall–Kier alpha value is -0.540. The van der Waals surface area contributed by atoms with E-state index in [9.17, 15) is 0 Å². The lowest BCUT2D eigenvalue weighted by Gasteiger charge is -2.06. The molecule has 0 saturated heterocycles. The molecule has 0 atom stereocenters. The van der Waals surface area contributed by atoms with Gasteiger partial charge in [0.25, 0.3) is 0 Å². The number of aromatic nitrogens is 2. The van der Waals surface area contributed by atoms with Gasteiger partial charge in [0.15, 0.2) is 10.9 Å². The Kier molecular flexibility index (Phi) is 4.98. The molecule has 0 aliphatic heterocycles. The van der Waals surface area contributed by atoms with Gasteiger partial charge < -0.3 is 4.74 Å². The number of nitrogens with zero attached hydrogens (tertiary/aromatic N) is 2. The molecule has 0 fully saturated rings. The molecule has 5 heteroatoms. The zero-order valence-corrected chi connectivity index (χ0v) is 9.48. The summed E-state index contributed by atoms with van der Waals surface area (Å²) in [6.45, 7) is 2.77. The number of halogens is 2. The first-order chi connectivity index (χ1) is 6.75. The van der Waals surface area contributed by atoms with Gasteiger partial charge in [-0.2, -0.15) is 5.10 Å². The van der Waals surface area contributed by atoms with Crippen molar-refractivity contribution in [3.8, 4) is 5.75 Å². The first-order valence-corrected chi connectivity index (χ1v) is 5.30. The van der Waals surface area contributed by atoms with Crippen LogP contribution in [0.1, 0.15) is 26.2 Å². The first-order valence-electron chi connectivity index (χ1n) is 4.55. The lowest BCUT2D eigenvalue weighted by molar-refractivity contribution is 0.304. The maximum absolute atomic E-state index is 5.85. The van der Waals surface area contributed by atoms with E-state index in [0.717, 1.165) is 19.3 Å². The van der Waals surface area contributed by atoms with Crippen LogP contribution in [0.5, 0.6) is 5.75 Å². The molecule has 0 bridgehead atoms. The Morgan fingerprint density at radius 1 is 1.36 bits per heavy atom. The quantitative estimate of drug-likeness (QED) is 0.734. The van der Waals surface area contributed by atoms with Crippen LogP contribution in [-0.2, 0) is 0 Å². The molecule has 0 saturated carbocycles. The van der Waals surface area contributed by atoms with E-state index in [1.165, 1.54) is 6.20 Å². The molecule has 0 aliphatic rings. The van der Waals surface area contributed by atoms with Crippen molar-refractivity contribution in [3.63, 3.8) is 0 Å². The Bertz CT molecular complexity index is 294. The van der Waals surface area contributed by atoms with Crippen LogP contribution in [0.25, 0.3) is 0 Å². The van der Waals surface area contributed by atoms with Gasteiger partial charge in [-0.3, -0.25) is 0 Å². The predicted octanol–water partition coefficient (Wildman–Crippen LogP) is 3.35. The van der Waals surface area contributed by atoms with Gasteiger partial charge in [0.05, 0.1) is 12.8 Å². The number of unbranched alkanes of at least 4 members (excludes halogenated alkanes) is 2. The maximum Gasteiger partial charge on any atom is 0.174 e. The third-order valence-corrected chi connectivity index (χ3v) is 2.45. The van der Waals surface area contributed by atoms with E-state index in [1.807, 2.05) is 0 Å². The van der Waals surface area contributed by atoms with Gasteiger partial charge in [-0.1, -0.05) is 43.0 Å². The Labute approximate surface area is 93.4 Å². The van der Waals surface area contributed by atoms with Crippen molar-refractivity contribution in [2.75, 3.05) is 6.61 Å². The summed E-state index contributed by atoms with van der Waals surface area (Å²) in [4.78, 5) is 0. The van der Waals surface area contributed by atoms with Gasteiger partial charge in [-0.05, 0) is 6.42 Å². The van der Waals surface area contributed by atoms with E-state index in [2.05, 4.69) is 17.1 Å². The number of rotatable bonds is 5. The fourth-order valence-corrected chi connectivity index (χ4v) is 1.25. The number of hydrogen-bond donors (Lipinski definition) is 0. The third-order valence-electron chi connectivity index (χ3n) is 1.72. The van der Waals surface area contributed by atoms with Gasteiger partial charge in [0.1, 0.15) is 5.02 Å². The summed E-state index contributed by atoms with van der Waals surface area (Å²) in [5.74, 6) is 0.503. The first kappa shape index (κ1) is 11.5. The van der Waals surface area contributed by atoms with Gasteiger partial charge in [0.2, 0.25) is 0 Å². The molecule has 1 rings (SSSR count). The summed E-state index contributed by atoms with van der Waals surface area (Å²) in [6.07, 6.45) is 4.78. The van der Waals surface area contributed by atoms with Crippen LogP contribution in [0.3, 0.4) is 0 Å². The maximum atomic E-state index is 5.85. The van der Waals surface area contributed by atoms with Gasteiger partial charge >= 0.3 is 0 Å². The van der Waals surface area contributed by atoms with E-state index < -0.39 is 0 Å². The van der Waals surface area contributed by atoms with E-state index in [0.29, 0.717) is 17.4 Å². The second-order valence-corrected chi connectivity index (χ2v) is 3.61. The number of hydrogen-bond acceptors (Lipinski definition) is 3. The highest BCUT2D eigenvalue weighted by molar-refractivity contribution is 6.42. The van der Waals surface area contributed by atoms with Crippen LogP contribution in [-0.4, -0.2) is 16.8 Å². The fourth-order valence-electron chi connectivity index (χ4n) is 0.969. The Morgan fingerprint density at radius 3 is 2.86 bits per heavy atom. The van der Waals surface area contributed by atoms with Crippen LogP contribution < -0.4 is 4.74 Å². The molecule has 1 aromatic heterocycles. The molecule has 0 aliphatic carbocycles. The molecule has 1 aromatic rings. The van der Waals surface area contributed by atoms with Gasteiger partial charge in [-0.25, -0.2) is 0 Å². The van der Waals surface area contributed by atoms with Gasteiger partial charge in [0, 0.05) is 0 Å². The van der Waals surface area contributed by atoms with E-state index in [1.54, 1.807) is 0 Å². The van der Waals surface area contributed by atoms with Crippen molar-refractivity contribution in [2.24, 2.45) is 0 Å². The third kappa shape index (κ3) is 3.31. The van der Waals surface area contributed by atoms with Crippen molar-refractivity contribution in [3.05, 3.63) is 16.4 Å². The number of ether oxygens (including phenoxy) is 1. The minimum Gasteiger partial charge on any atom is -0.490 e. The van der Waals surface area contributed by atoms with Crippen LogP contribution in [0.2, 0.25) is 10.2 Å². The average molecular weight is 235 g/mol. The largest absolute Gasteiger partial charge is 0.490 e. The lowest BCUT2D eigenvalue weighted by atomic mass is 10.3. The fraction of sp³-hybridized carbons (Fsp3) is 0.556. The molecule has 3 nitrogen and oxygen atoms in total. The van der Waals surface area contributed by atoms with Crippen LogP contribution in [0.15, 0.2) is 6.20 Å². The van der Waals surface area contributed by atoms with E-state index in [-0.39, 0.29) is 5.15 Å². The molecule has 0 radical (unpaired) electrons. The second-order valence-electron chi connectivity index (χ2n) is 2.87.